The molecule has 0 unspecified atom stereocenters. The fourth-order valence-corrected chi connectivity index (χ4v) is 1.86. The molecule has 0 bridgehead atoms. The molecule has 60 valence electrons. The van der Waals surface area contributed by atoms with E-state index >= 15 is 0 Å². The van der Waals surface area contributed by atoms with Crippen LogP contribution in [0.25, 0.3) is 0 Å². The summed E-state index contributed by atoms with van der Waals surface area (Å²) in [5.74, 6) is 0. The maximum Gasteiger partial charge on any atom is 0.0412 e. The number of hydrogen-bond donors (Lipinski definition) is 0. The van der Waals surface area contributed by atoms with Crippen LogP contribution in [-0.4, -0.2) is 0 Å². The van der Waals surface area contributed by atoms with Crippen LogP contribution in [0.4, 0.5) is 0 Å². The van der Waals surface area contributed by atoms with Gasteiger partial charge in [-0.25, -0.2) is 0 Å². The molecule has 1 aromatic carbocycles. The van der Waals surface area contributed by atoms with Gasteiger partial charge in [0.25, 0.3) is 0 Å². The van der Waals surface area contributed by atoms with Crippen molar-refractivity contribution in [3.05, 3.63) is 32.8 Å². The Morgan fingerprint density at radius 3 is 2.64 bits per heavy atom. The molecule has 0 fully saturated rings. The van der Waals surface area contributed by atoms with Crippen molar-refractivity contribution in [2.45, 2.75) is 20.3 Å². The van der Waals surface area contributed by atoms with E-state index in [0.29, 0.717) is 0 Å². The zero-order chi connectivity index (χ0) is 8.43. The highest BCUT2D eigenvalue weighted by atomic mass is 79.9. The first kappa shape index (κ1) is 9.08. The van der Waals surface area contributed by atoms with Crippen molar-refractivity contribution < 1.29 is 0 Å². The second-order valence-corrected chi connectivity index (χ2v) is 3.78. The van der Waals surface area contributed by atoms with Crippen molar-refractivity contribution >= 4 is 27.5 Å². The average Bonchev–Trinajstić information content (AvgIpc) is 1.96. The average molecular weight is 234 g/mol. The molecule has 0 N–H and O–H groups in total. The van der Waals surface area contributed by atoms with Crippen molar-refractivity contribution in [3.63, 3.8) is 0 Å². The lowest BCUT2D eigenvalue weighted by Crippen LogP contribution is -1.85. The molecule has 0 nitrogen and oxygen atoms in total. The Bertz CT molecular complexity index is 269. The molecule has 0 heterocycles. The van der Waals surface area contributed by atoms with Crippen molar-refractivity contribution in [2.75, 3.05) is 0 Å². The Kier molecular flexibility index (Phi) is 2.97. The Balaban J connectivity index is 3.24. The van der Waals surface area contributed by atoms with Crippen molar-refractivity contribution in [1.82, 2.24) is 0 Å². The van der Waals surface area contributed by atoms with Gasteiger partial charge in [-0.15, -0.1) is 0 Å². The first-order valence-electron chi connectivity index (χ1n) is 3.59. The molecular weight excluding hydrogens is 223 g/mol. The van der Waals surface area contributed by atoms with Crippen LogP contribution in [-0.2, 0) is 6.42 Å². The van der Waals surface area contributed by atoms with Crippen LogP contribution in [0.2, 0.25) is 5.02 Å². The summed E-state index contributed by atoms with van der Waals surface area (Å²) in [5.41, 5.74) is 2.48. The van der Waals surface area contributed by atoms with Gasteiger partial charge in [0.2, 0.25) is 0 Å². The predicted molar refractivity (Wildman–Crippen MR) is 53.3 cm³/mol. The van der Waals surface area contributed by atoms with Crippen LogP contribution >= 0.6 is 27.5 Å². The number of hydrogen-bond acceptors (Lipinski definition) is 0. The molecule has 1 aromatic rings. The van der Waals surface area contributed by atoms with E-state index in [2.05, 4.69) is 29.8 Å². The zero-order valence-corrected chi connectivity index (χ0v) is 8.96. The van der Waals surface area contributed by atoms with Gasteiger partial charge in [0, 0.05) is 9.50 Å². The van der Waals surface area contributed by atoms with E-state index in [0.717, 1.165) is 11.4 Å². The zero-order valence-electron chi connectivity index (χ0n) is 6.62. The maximum absolute atomic E-state index is 5.88. The molecule has 0 atom stereocenters. The second kappa shape index (κ2) is 3.59. The molecule has 1 rings (SSSR count). The van der Waals surface area contributed by atoms with Crippen LogP contribution in [0.1, 0.15) is 18.1 Å². The normalized spacial score (nSPS) is 10.2. The minimum absolute atomic E-state index is 0.822. The van der Waals surface area contributed by atoms with E-state index in [1.807, 2.05) is 12.1 Å². The summed E-state index contributed by atoms with van der Waals surface area (Å²) in [6.45, 7) is 4.17. The summed E-state index contributed by atoms with van der Waals surface area (Å²) in [5, 5.41) is 0.822. The standard InChI is InChI=1S/C9H10BrCl/c1-3-7-5-8(11)4-6(2)9(7)10/h4-5H,3H2,1-2H3. The summed E-state index contributed by atoms with van der Waals surface area (Å²) in [6, 6.07) is 3.96. The second-order valence-electron chi connectivity index (χ2n) is 2.55. The van der Waals surface area contributed by atoms with Gasteiger partial charge in [-0.2, -0.15) is 0 Å². The highest BCUT2D eigenvalue weighted by Crippen LogP contribution is 2.25. The molecule has 0 aliphatic carbocycles. The molecule has 0 aromatic heterocycles. The van der Waals surface area contributed by atoms with Crippen molar-refractivity contribution in [1.29, 1.82) is 0 Å². The largest absolute Gasteiger partial charge is 0.0843 e. The molecule has 0 aliphatic rings. The lowest BCUT2D eigenvalue weighted by atomic mass is 10.1. The number of aryl methyl sites for hydroxylation is 2. The van der Waals surface area contributed by atoms with Gasteiger partial charge in [0.1, 0.15) is 0 Å². The van der Waals surface area contributed by atoms with Gasteiger partial charge in [0.15, 0.2) is 0 Å². The van der Waals surface area contributed by atoms with Gasteiger partial charge in [-0.1, -0.05) is 34.5 Å². The third-order valence-corrected chi connectivity index (χ3v) is 3.03. The maximum atomic E-state index is 5.88. The monoisotopic (exact) mass is 232 g/mol. The van der Waals surface area contributed by atoms with Gasteiger partial charge >= 0.3 is 0 Å². The van der Waals surface area contributed by atoms with Gasteiger partial charge in [-0.05, 0) is 36.6 Å². The SMILES string of the molecule is CCc1cc(Cl)cc(C)c1Br. The molecule has 0 amide bonds. The minimum Gasteiger partial charge on any atom is -0.0843 e. The Morgan fingerprint density at radius 2 is 2.09 bits per heavy atom. The fraction of sp³-hybridized carbons (Fsp3) is 0.333. The van der Waals surface area contributed by atoms with Crippen molar-refractivity contribution in [2.24, 2.45) is 0 Å². The van der Waals surface area contributed by atoms with Gasteiger partial charge in [-0.3, -0.25) is 0 Å². The minimum atomic E-state index is 0.822. The summed E-state index contributed by atoms with van der Waals surface area (Å²) in [4.78, 5) is 0. The van der Waals surface area contributed by atoms with Crippen LogP contribution in [0.5, 0.6) is 0 Å². The van der Waals surface area contributed by atoms with E-state index in [1.165, 1.54) is 15.6 Å². The quantitative estimate of drug-likeness (QED) is 0.688. The Hall–Kier alpha value is -0.0100. The topological polar surface area (TPSA) is 0 Å². The highest BCUT2D eigenvalue weighted by molar-refractivity contribution is 9.10. The molecule has 0 radical (unpaired) electrons. The fourth-order valence-electron chi connectivity index (χ4n) is 1.05. The molecule has 2 heteroatoms. The number of rotatable bonds is 1. The summed E-state index contributed by atoms with van der Waals surface area (Å²) < 4.78 is 1.18. The number of halogens is 2. The van der Waals surface area contributed by atoms with Crippen LogP contribution in [0, 0.1) is 6.92 Å². The lowest BCUT2D eigenvalue weighted by molar-refractivity contribution is 1.12. The molecule has 11 heavy (non-hydrogen) atoms. The molecular formula is C9H10BrCl. The van der Waals surface area contributed by atoms with Crippen LogP contribution in [0.3, 0.4) is 0 Å². The van der Waals surface area contributed by atoms with E-state index in [1.54, 1.807) is 0 Å². The highest BCUT2D eigenvalue weighted by Gasteiger charge is 2.01. The van der Waals surface area contributed by atoms with Crippen molar-refractivity contribution in [3.8, 4) is 0 Å². The van der Waals surface area contributed by atoms with Gasteiger partial charge in [0.05, 0.1) is 0 Å². The lowest BCUT2D eigenvalue weighted by Gasteiger charge is -2.04. The van der Waals surface area contributed by atoms with E-state index < -0.39 is 0 Å². The van der Waals surface area contributed by atoms with Crippen LogP contribution in [0.15, 0.2) is 16.6 Å². The third kappa shape index (κ3) is 1.97. The smallest absolute Gasteiger partial charge is 0.0412 e. The van der Waals surface area contributed by atoms with E-state index in [9.17, 15) is 0 Å². The molecule has 0 spiro atoms. The van der Waals surface area contributed by atoms with E-state index in [4.69, 9.17) is 11.6 Å². The Labute approximate surface area is 80.7 Å². The number of benzene rings is 1. The summed E-state index contributed by atoms with van der Waals surface area (Å²) in [7, 11) is 0. The Morgan fingerprint density at radius 1 is 1.45 bits per heavy atom. The van der Waals surface area contributed by atoms with E-state index in [-0.39, 0.29) is 0 Å². The predicted octanol–water partition coefficient (Wildman–Crippen LogP) is 3.97. The third-order valence-electron chi connectivity index (χ3n) is 1.68. The molecule has 0 saturated heterocycles. The summed E-state index contributed by atoms with van der Waals surface area (Å²) >= 11 is 9.40. The summed E-state index contributed by atoms with van der Waals surface area (Å²) in [6.07, 6.45) is 1.02. The molecule has 0 saturated carbocycles. The molecule has 0 aliphatic heterocycles. The first-order valence-corrected chi connectivity index (χ1v) is 4.76. The first-order chi connectivity index (χ1) is 5.15. The van der Waals surface area contributed by atoms with Crippen LogP contribution < -0.4 is 0 Å². The van der Waals surface area contributed by atoms with Gasteiger partial charge < -0.3 is 0 Å².